The largest absolute Gasteiger partial charge is 0.497 e. The second-order valence-corrected chi connectivity index (χ2v) is 5.64. The van der Waals surface area contributed by atoms with Crippen LogP contribution in [0.1, 0.15) is 15.9 Å². The monoisotopic (exact) mass is 371 g/mol. The highest BCUT2D eigenvalue weighted by molar-refractivity contribution is 5.92. The zero-order valence-electron chi connectivity index (χ0n) is 15.1. The molecule has 2 aromatic rings. The van der Waals surface area contributed by atoms with Gasteiger partial charge < -0.3 is 19.5 Å². The maximum absolute atomic E-state index is 12.1. The number of benzene rings is 2. The summed E-state index contributed by atoms with van der Waals surface area (Å²) in [7, 11) is 2.73. The van der Waals surface area contributed by atoms with Crippen molar-refractivity contribution in [2.24, 2.45) is 0 Å². The molecule has 27 heavy (non-hydrogen) atoms. The molecule has 1 amide bonds. The van der Waals surface area contributed by atoms with Crippen molar-refractivity contribution in [1.82, 2.24) is 5.32 Å². The van der Waals surface area contributed by atoms with Crippen LogP contribution in [-0.2, 0) is 25.5 Å². The van der Waals surface area contributed by atoms with Gasteiger partial charge in [-0.05, 0) is 23.8 Å². The van der Waals surface area contributed by atoms with Gasteiger partial charge in [-0.2, -0.15) is 0 Å². The summed E-state index contributed by atoms with van der Waals surface area (Å²) in [6.45, 7) is -0.516. The van der Waals surface area contributed by atoms with Gasteiger partial charge in [0.2, 0.25) is 0 Å². The molecule has 0 radical (unpaired) electrons. The Morgan fingerprint density at radius 2 is 1.74 bits per heavy atom. The topological polar surface area (TPSA) is 90.9 Å². The molecule has 0 saturated heterocycles. The van der Waals surface area contributed by atoms with Gasteiger partial charge in [-0.25, -0.2) is 9.59 Å². The van der Waals surface area contributed by atoms with Gasteiger partial charge in [0, 0.05) is 6.42 Å². The predicted molar refractivity (Wildman–Crippen MR) is 97.4 cm³/mol. The number of ether oxygens (including phenoxy) is 3. The molecule has 0 spiro atoms. The lowest BCUT2D eigenvalue weighted by molar-refractivity contribution is -0.145. The quantitative estimate of drug-likeness (QED) is 0.711. The van der Waals surface area contributed by atoms with E-state index in [4.69, 9.17) is 14.2 Å². The molecule has 0 saturated carbocycles. The lowest BCUT2D eigenvalue weighted by atomic mass is 10.1. The van der Waals surface area contributed by atoms with Crippen molar-refractivity contribution in [3.05, 3.63) is 65.7 Å². The molecule has 7 heteroatoms. The third-order valence-corrected chi connectivity index (χ3v) is 3.74. The minimum absolute atomic E-state index is 0.260. The maximum atomic E-state index is 12.1. The van der Waals surface area contributed by atoms with E-state index in [2.05, 4.69) is 5.32 Å². The number of esters is 2. The number of amides is 1. The van der Waals surface area contributed by atoms with Gasteiger partial charge in [-0.1, -0.05) is 36.4 Å². The van der Waals surface area contributed by atoms with Crippen molar-refractivity contribution in [1.29, 1.82) is 0 Å². The van der Waals surface area contributed by atoms with E-state index in [-0.39, 0.29) is 12.0 Å². The molecule has 0 heterocycles. The van der Waals surface area contributed by atoms with Crippen molar-refractivity contribution in [3.63, 3.8) is 0 Å². The van der Waals surface area contributed by atoms with Gasteiger partial charge in [0.25, 0.3) is 5.91 Å². The number of carbonyl (C=O) groups excluding carboxylic acids is 3. The molecular weight excluding hydrogens is 350 g/mol. The molecule has 0 unspecified atom stereocenters. The fourth-order valence-electron chi connectivity index (χ4n) is 2.39. The Morgan fingerprint density at radius 3 is 2.41 bits per heavy atom. The van der Waals surface area contributed by atoms with Crippen LogP contribution in [0.3, 0.4) is 0 Å². The zero-order chi connectivity index (χ0) is 19.6. The molecule has 1 N–H and O–H groups in total. The number of hydrogen-bond donors (Lipinski definition) is 1. The summed E-state index contributed by atoms with van der Waals surface area (Å²) in [6.07, 6.45) is 0.267. The Hall–Kier alpha value is -3.35. The maximum Gasteiger partial charge on any atom is 0.338 e. The molecular formula is C20H21NO6. The average Bonchev–Trinajstić information content (AvgIpc) is 2.71. The van der Waals surface area contributed by atoms with E-state index >= 15 is 0 Å². The van der Waals surface area contributed by atoms with Crippen LogP contribution in [0.15, 0.2) is 54.6 Å². The average molecular weight is 371 g/mol. The third-order valence-electron chi connectivity index (χ3n) is 3.74. The molecule has 0 fully saturated rings. The van der Waals surface area contributed by atoms with E-state index in [1.165, 1.54) is 20.3 Å². The number of hydrogen-bond acceptors (Lipinski definition) is 6. The van der Waals surface area contributed by atoms with Gasteiger partial charge in [0.15, 0.2) is 6.61 Å². The number of rotatable bonds is 8. The SMILES string of the molecule is COC(=O)[C@@H](Cc1ccccc1)NC(=O)COC(=O)c1cccc(OC)c1. The molecule has 0 bridgehead atoms. The van der Waals surface area contributed by atoms with Crippen molar-refractivity contribution in [3.8, 4) is 5.75 Å². The first-order chi connectivity index (χ1) is 13.0. The second-order valence-electron chi connectivity index (χ2n) is 5.64. The van der Waals surface area contributed by atoms with Crippen LogP contribution in [-0.4, -0.2) is 44.7 Å². The molecule has 0 aromatic heterocycles. The number of methoxy groups -OCH3 is 2. The molecule has 1 atom stereocenters. The van der Waals surface area contributed by atoms with Gasteiger partial charge in [-0.15, -0.1) is 0 Å². The summed E-state index contributed by atoms with van der Waals surface area (Å²) in [6, 6.07) is 14.7. The first kappa shape index (κ1) is 20.0. The van der Waals surface area contributed by atoms with Crippen molar-refractivity contribution in [2.75, 3.05) is 20.8 Å². The van der Waals surface area contributed by atoms with E-state index in [0.29, 0.717) is 5.75 Å². The highest BCUT2D eigenvalue weighted by atomic mass is 16.5. The Bertz CT molecular complexity index is 790. The van der Waals surface area contributed by atoms with E-state index in [0.717, 1.165) is 5.56 Å². The fraction of sp³-hybridized carbons (Fsp3) is 0.250. The van der Waals surface area contributed by atoms with Gasteiger partial charge >= 0.3 is 11.9 Å². The first-order valence-corrected chi connectivity index (χ1v) is 8.25. The molecule has 2 rings (SSSR count). The first-order valence-electron chi connectivity index (χ1n) is 8.25. The van der Waals surface area contributed by atoms with Crippen LogP contribution in [0, 0.1) is 0 Å². The Labute approximate surface area is 157 Å². The smallest absolute Gasteiger partial charge is 0.338 e. The lowest BCUT2D eigenvalue weighted by Crippen LogP contribution is -2.44. The van der Waals surface area contributed by atoms with E-state index in [1.54, 1.807) is 18.2 Å². The van der Waals surface area contributed by atoms with Gasteiger partial charge in [0.05, 0.1) is 19.8 Å². The summed E-state index contributed by atoms with van der Waals surface area (Å²) >= 11 is 0. The van der Waals surface area contributed by atoms with Crippen LogP contribution in [0.2, 0.25) is 0 Å². The van der Waals surface area contributed by atoms with E-state index in [1.807, 2.05) is 30.3 Å². The fourth-order valence-corrected chi connectivity index (χ4v) is 2.39. The molecule has 0 aliphatic heterocycles. The number of carbonyl (C=O) groups is 3. The van der Waals surface area contributed by atoms with Crippen molar-refractivity contribution < 1.29 is 28.6 Å². The molecule has 2 aromatic carbocycles. The predicted octanol–water partition coefficient (Wildman–Crippen LogP) is 1.75. The zero-order valence-corrected chi connectivity index (χ0v) is 15.1. The highest BCUT2D eigenvalue weighted by Crippen LogP contribution is 2.13. The minimum Gasteiger partial charge on any atom is -0.497 e. The van der Waals surface area contributed by atoms with Crippen molar-refractivity contribution >= 4 is 17.8 Å². The normalized spacial score (nSPS) is 11.2. The van der Waals surface area contributed by atoms with Gasteiger partial charge in [-0.3, -0.25) is 4.79 Å². The highest BCUT2D eigenvalue weighted by Gasteiger charge is 2.22. The summed E-state index contributed by atoms with van der Waals surface area (Å²) < 4.78 is 14.8. The third kappa shape index (κ3) is 6.14. The van der Waals surface area contributed by atoms with Crippen LogP contribution in [0.25, 0.3) is 0 Å². The Balaban J connectivity index is 1.92. The molecule has 0 aliphatic carbocycles. The van der Waals surface area contributed by atoms with Crippen LogP contribution in [0.5, 0.6) is 5.75 Å². The Kier molecular flexibility index (Phi) is 7.37. The summed E-state index contributed by atoms with van der Waals surface area (Å²) in [5.74, 6) is -1.34. The second kappa shape index (κ2) is 9.96. The molecule has 7 nitrogen and oxygen atoms in total. The van der Waals surface area contributed by atoms with E-state index in [9.17, 15) is 14.4 Å². The Morgan fingerprint density at radius 1 is 1.00 bits per heavy atom. The summed E-state index contributed by atoms with van der Waals surface area (Å²) in [5.41, 5.74) is 1.12. The summed E-state index contributed by atoms with van der Waals surface area (Å²) in [5, 5.41) is 2.53. The lowest BCUT2D eigenvalue weighted by Gasteiger charge is -2.16. The van der Waals surface area contributed by atoms with Crippen LogP contribution in [0.4, 0.5) is 0 Å². The van der Waals surface area contributed by atoms with Gasteiger partial charge in [0.1, 0.15) is 11.8 Å². The molecule has 0 aliphatic rings. The molecule has 142 valence electrons. The van der Waals surface area contributed by atoms with E-state index < -0.39 is 30.5 Å². The number of nitrogens with one attached hydrogen (secondary N) is 1. The van der Waals surface area contributed by atoms with Crippen LogP contribution >= 0.6 is 0 Å². The van der Waals surface area contributed by atoms with Crippen molar-refractivity contribution in [2.45, 2.75) is 12.5 Å². The van der Waals surface area contributed by atoms with Crippen LogP contribution < -0.4 is 10.1 Å². The standard InChI is InChI=1S/C20H21NO6/c1-25-16-10-6-9-15(12-16)19(23)27-13-18(22)21-17(20(24)26-2)11-14-7-4-3-5-8-14/h3-10,12,17H,11,13H2,1-2H3,(H,21,22)/t17-/m1/s1. The minimum atomic E-state index is -0.875. The summed E-state index contributed by atoms with van der Waals surface area (Å²) in [4.78, 5) is 36.1.